The Bertz CT molecular complexity index is 270. The Morgan fingerprint density at radius 2 is 1.37 bits per heavy atom. The van der Waals surface area contributed by atoms with Gasteiger partial charge in [0.25, 0.3) is 8.32 Å². The Morgan fingerprint density at radius 1 is 0.842 bits per heavy atom. The zero-order valence-electron chi connectivity index (χ0n) is 14.0. The minimum Gasteiger partial charge on any atom is -0.546 e. The summed E-state index contributed by atoms with van der Waals surface area (Å²) in [7, 11) is -1.72. The van der Waals surface area contributed by atoms with E-state index < -0.39 is 8.32 Å². The predicted octanol–water partition coefficient (Wildman–Crippen LogP) is 6.42. The summed E-state index contributed by atoms with van der Waals surface area (Å²) < 4.78 is 6.80. The molecule has 0 fully saturated rings. The second kappa shape index (κ2) is 7.52. The van der Waals surface area contributed by atoms with Gasteiger partial charge in [0, 0.05) is 6.42 Å². The first kappa shape index (κ1) is 16.8. The molecule has 0 aliphatic heterocycles. The van der Waals surface area contributed by atoms with Crippen molar-refractivity contribution in [3.63, 3.8) is 0 Å². The van der Waals surface area contributed by atoms with Crippen molar-refractivity contribution in [2.45, 2.75) is 96.7 Å². The SMILES string of the molecule is CC(C)[Si](O/C1=C/CCCCCC1)(C(C)C)C(C)C. The molecule has 0 aromatic carbocycles. The van der Waals surface area contributed by atoms with Gasteiger partial charge in [-0.05, 0) is 42.0 Å². The average molecular weight is 283 g/mol. The lowest BCUT2D eigenvalue weighted by atomic mass is 10.1. The largest absolute Gasteiger partial charge is 0.546 e. The van der Waals surface area contributed by atoms with Crippen molar-refractivity contribution in [2.24, 2.45) is 0 Å². The normalized spacial score (nSPS) is 21.2. The van der Waals surface area contributed by atoms with E-state index in [0.29, 0.717) is 16.6 Å². The third-order valence-electron chi connectivity index (χ3n) is 4.76. The van der Waals surface area contributed by atoms with Crippen LogP contribution in [0.5, 0.6) is 0 Å². The molecule has 0 spiro atoms. The van der Waals surface area contributed by atoms with E-state index in [0.717, 1.165) is 0 Å². The summed E-state index contributed by atoms with van der Waals surface area (Å²) in [5, 5.41) is 0. The first-order chi connectivity index (χ1) is 8.91. The van der Waals surface area contributed by atoms with E-state index in [4.69, 9.17) is 4.43 Å². The third-order valence-corrected chi connectivity index (χ3v) is 10.8. The molecule has 0 unspecified atom stereocenters. The molecule has 0 aromatic heterocycles. The molecule has 0 atom stereocenters. The summed E-state index contributed by atoms with van der Waals surface area (Å²) >= 11 is 0. The monoisotopic (exact) mass is 282 g/mol. The topological polar surface area (TPSA) is 9.23 Å². The minimum atomic E-state index is -1.72. The molecule has 0 amide bonds. The van der Waals surface area contributed by atoms with Crippen LogP contribution in [-0.2, 0) is 4.43 Å². The Kier molecular flexibility index (Phi) is 6.65. The molecule has 0 saturated heterocycles. The van der Waals surface area contributed by atoms with Crippen molar-refractivity contribution in [1.29, 1.82) is 0 Å². The molecule has 112 valence electrons. The van der Waals surface area contributed by atoms with E-state index in [2.05, 4.69) is 47.6 Å². The van der Waals surface area contributed by atoms with E-state index >= 15 is 0 Å². The molecule has 19 heavy (non-hydrogen) atoms. The van der Waals surface area contributed by atoms with Crippen LogP contribution in [0.2, 0.25) is 16.6 Å². The fraction of sp³-hybridized carbons (Fsp3) is 0.882. The first-order valence-electron chi connectivity index (χ1n) is 8.29. The molecule has 1 rings (SSSR count). The smallest absolute Gasteiger partial charge is 0.258 e. The van der Waals surface area contributed by atoms with Gasteiger partial charge in [0.1, 0.15) is 0 Å². The number of rotatable bonds is 5. The molecular formula is C17H34OSi. The van der Waals surface area contributed by atoms with Crippen molar-refractivity contribution < 1.29 is 4.43 Å². The fourth-order valence-electron chi connectivity index (χ4n) is 3.84. The van der Waals surface area contributed by atoms with Crippen LogP contribution in [0.4, 0.5) is 0 Å². The van der Waals surface area contributed by atoms with Crippen LogP contribution < -0.4 is 0 Å². The van der Waals surface area contributed by atoms with Crippen molar-refractivity contribution in [2.75, 3.05) is 0 Å². The van der Waals surface area contributed by atoms with Gasteiger partial charge in [0.05, 0.1) is 5.76 Å². The predicted molar refractivity (Wildman–Crippen MR) is 87.9 cm³/mol. The zero-order chi connectivity index (χ0) is 14.5. The highest BCUT2D eigenvalue weighted by atomic mass is 28.4. The highest BCUT2D eigenvalue weighted by molar-refractivity contribution is 6.77. The number of hydrogen-bond acceptors (Lipinski definition) is 1. The van der Waals surface area contributed by atoms with Gasteiger partial charge in [-0.25, -0.2) is 0 Å². The van der Waals surface area contributed by atoms with Crippen LogP contribution in [0.1, 0.15) is 80.1 Å². The molecular weight excluding hydrogens is 248 g/mol. The van der Waals surface area contributed by atoms with Gasteiger partial charge in [0.15, 0.2) is 0 Å². The molecule has 0 bridgehead atoms. The van der Waals surface area contributed by atoms with Crippen LogP contribution in [0.25, 0.3) is 0 Å². The van der Waals surface area contributed by atoms with Gasteiger partial charge < -0.3 is 4.43 Å². The standard InChI is InChI=1S/C17H34OSi/c1-14(2)19(15(3)4,16(5)6)18-17-12-10-8-7-9-11-13-17/h12,14-16H,7-11,13H2,1-6H3/b17-12+. The van der Waals surface area contributed by atoms with Gasteiger partial charge in [-0.15, -0.1) is 0 Å². The van der Waals surface area contributed by atoms with Gasteiger partial charge in [-0.2, -0.15) is 0 Å². The zero-order valence-corrected chi connectivity index (χ0v) is 15.0. The summed E-state index contributed by atoms with van der Waals surface area (Å²) in [5.41, 5.74) is 2.04. The van der Waals surface area contributed by atoms with Gasteiger partial charge in [-0.1, -0.05) is 54.4 Å². The Balaban J connectivity index is 2.92. The summed E-state index contributed by atoms with van der Waals surface area (Å²) in [5.74, 6) is 1.32. The summed E-state index contributed by atoms with van der Waals surface area (Å²) in [6.45, 7) is 14.2. The highest BCUT2D eigenvalue weighted by Gasteiger charge is 2.47. The van der Waals surface area contributed by atoms with Crippen LogP contribution >= 0.6 is 0 Å². The van der Waals surface area contributed by atoms with Crippen LogP contribution in [0, 0.1) is 0 Å². The molecule has 0 heterocycles. The van der Waals surface area contributed by atoms with E-state index in [1.54, 1.807) is 0 Å². The van der Waals surface area contributed by atoms with E-state index in [9.17, 15) is 0 Å². The van der Waals surface area contributed by atoms with Gasteiger partial charge >= 0.3 is 0 Å². The van der Waals surface area contributed by atoms with Crippen molar-refractivity contribution in [3.05, 3.63) is 11.8 Å². The summed E-state index contributed by atoms with van der Waals surface area (Å²) in [6, 6.07) is 0. The Hall–Kier alpha value is -0.243. The minimum absolute atomic E-state index is 0.679. The van der Waals surface area contributed by atoms with Crippen LogP contribution in [0.3, 0.4) is 0 Å². The third kappa shape index (κ3) is 4.11. The Morgan fingerprint density at radius 3 is 1.89 bits per heavy atom. The average Bonchev–Trinajstić information content (AvgIpc) is 2.26. The maximum Gasteiger partial charge on any atom is 0.258 e. The maximum atomic E-state index is 6.80. The second-order valence-electron chi connectivity index (χ2n) is 7.04. The molecule has 0 aromatic rings. The molecule has 0 saturated carbocycles. The molecule has 1 aliphatic rings. The molecule has 2 heteroatoms. The van der Waals surface area contributed by atoms with E-state index in [-0.39, 0.29) is 0 Å². The van der Waals surface area contributed by atoms with E-state index in [1.807, 2.05) is 0 Å². The maximum absolute atomic E-state index is 6.80. The van der Waals surface area contributed by atoms with Crippen molar-refractivity contribution >= 4 is 8.32 Å². The molecule has 1 aliphatic carbocycles. The number of hydrogen-bond donors (Lipinski definition) is 0. The summed E-state index contributed by atoms with van der Waals surface area (Å²) in [4.78, 5) is 0. The Labute approximate surface area is 122 Å². The molecule has 0 N–H and O–H groups in total. The van der Waals surface area contributed by atoms with E-state index in [1.165, 1.54) is 44.3 Å². The fourth-order valence-corrected chi connectivity index (χ4v) is 9.18. The van der Waals surface area contributed by atoms with Crippen LogP contribution in [0.15, 0.2) is 11.8 Å². The quantitative estimate of drug-likeness (QED) is 0.529. The number of allylic oxidation sites excluding steroid dienone is 2. The molecule has 1 nitrogen and oxygen atoms in total. The van der Waals surface area contributed by atoms with Crippen molar-refractivity contribution in [1.82, 2.24) is 0 Å². The summed E-state index contributed by atoms with van der Waals surface area (Å²) in [6.07, 6.45) is 10.2. The van der Waals surface area contributed by atoms with Crippen molar-refractivity contribution in [3.8, 4) is 0 Å². The lowest BCUT2D eigenvalue weighted by molar-refractivity contribution is 0.343. The van der Waals surface area contributed by atoms with Crippen LogP contribution in [-0.4, -0.2) is 8.32 Å². The second-order valence-corrected chi connectivity index (χ2v) is 12.4. The van der Waals surface area contributed by atoms with Gasteiger partial charge in [-0.3, -0.25) is 0 Å². The first-order valence-corrected chi connectivity index (χ1v) is 10.4. The van der Waals surface area contributed by atoms with Gasteiger partial charge in [0.2, 0.25) is 0 Å². The highest BCUT2D eigenvalue weighted by Crippen LogP contribution is 2.44. The molecule has 0 radical (unpaired) electrons. The lowest BCUT2D eigenvalue weighted by Gasteiger charge is -2.43. The lowest BCUT2D eigenvalue weighted by Crippen LogP contribution is -2.47.